The van der Waals surface area contributed by atoms with Crippen molar-refractivity contribution >= 4 is 59.8 Å². The quantitative estimate of drug-likeness (QED) is 0.118. The molecule has 0 fully saturated rings. The van der Waals surface area contributed by atoms with E-state index in [4.69, 9.17) is 4.42 Å². The fourth-order valence-electron chi connectivity index (χ4n) is 8.61. The number of furan rings is 1. The van der Waals surface area contributed by atoms with Crippen molar-refractivity contribution in [3.05, 3.63) is 212 Å². The lowest BCUT2D eigenvalue weighted by Crippen LogP contribution is -1.92. The Morgan fingerprint density at radius 2 is 1.07 bits per heavy atom. The smallest absolute Gasteiger partial charge is 0.143 e. The molecule has 1 heterocycles. The molecule has 0 bridgehead atoms. The SMILES string of the molecule is C=C/C=C\C(=C/C)c1ccc(-c2c3ccccc3c(-c3cc(-c4ccccc4)c4oc5cc(-c6cccc7ccccc67)ccc5c4c3)c3ccccc23)cc1. The Morgan fingerprint density at radius 1 is 0.464 bits per heavy atom. The summed E-state index contributed by atoms with van der Waals surface area (Å²) in [5, 5.41) is 9.58. The van der Waals surface area contributed by atoms with E-state index < -0.39 is 0 Å². The average Bonchev–Trinajstić information content (AvgIpc) is 3.63. The number of rotatable bonds is 7. The van der Waals surface area contributed by atoms with Gasteiger partial charge in [0.15, 0.2) is 0 Å². The van der Waals surface area contributed by atoms with Gasteiger partial charge in [-0.3, -0.25) is 0 Å². The monoisotopic (exact) mass is 714 g/mol. The van der Waals surface area contributed by atoms with Crippen LogP contribution in [0.4, 0.5) is 0 Å². The Morgan fingerprint density at radius 3 is 1.75 bits per heavy atom. The average molecular weight is 715 g/mol. The van der Waals surface area contributed by atoms with Crippen molar-refractivity contribution in [2.45, 2.75) is 6.92 Å². The summed E-state index contributed by atoms with van der Waals surface area (Å²) >= 11 is 0. The second-order valence-electron chi connectivity index (χ2n) is 14.4. The van der Waals surface area contributed by atoms with E-state index >= 15 is 0 Å². The third-order valence-electron chi connectivity index (χ3n) is 11.2. The lowest BCUT2D eigenvalue weighted by molar-refractivity contribution is 0.670. The van der Waals surface area contributed by atoms with Crippen molar-refractivity contribution in [3.63, 3.8) is 0 Å². The predicted octanol–water partition coefficient (Wildman–Crippen LogP) is 15.9. The van der Waals surface area contributed by atoms with Crippen LogP contribution in [-0.4, -0.2) is 0 Å². The van der Waals surface area contributed by atoms with Crippen LogP contribution < -0.4 is 0 Å². The summed E-state index contributed by atoms with van der Waals surface area (Å²) in [6.45, 7) is 5.93. The molecule has 0 unspecified atom stereocenters. The van der Waals surface area contributed by atoms with E-state index in [1.807, 2.05) is 12.2 Å². The van der Waals surface area contributed by atoms with Crippen LogP contribution in [0, 0.1) is 0 Å². The topological polar surface area (TPSA) is 13.1 Å². The Kier molecular flexibility index (Phi) is 8.27. The van der Waals surface area contributed by atoms with Crippen molar-refractivity contribution in [1.29, 1.82) is 0 Å². The van der Waals surface area contributed by atoms with Crippen LogP contribution in [0.3, 0.4) is 0 Å². The number of hydrogen-bond donors (Lipinski definition) is 0. The van der Waals surface area contributed by atoms with Crippen LogP contribution in [0.1, 0.15) is 12.5 Å². The molecule has 10 aromatic rings. The van der Waals surface area contributed by atoms with E-state index in [2.05, 4.69) is 202 Å². The highest BCUT2D eigenvalue weighted by Crippen LogP contribution is 2.47. The lowest BCUT2D eigenvalue weighted by atomic mass is 9.84. The van der Waals surface area contributed by atoms with E-state index in [1.165, 1.54) is 71.3 Å². The number of allylic oxidation sites excluding steroid dienone is 5. The molecule has 0 radical (unpaired) electrons. The van der Waals surface area contributed by atoms with Crippen LogP contribution in [0.15, 0.2) is 211 Å². The summed E-state index contributed by atoms with van der Waals surface area (Å²) in [5.41, 5.74) is 13.5. The fourth-order valence-corrected chi connectivity index (χ4v) is 8.61. The molecule has 1 aromatic heterocycles. The van der Waals surface area contributed by atoms with Crippen molar-refractivity contribution in [1.82, 2.24) is 0 Å². The first kappa shape index (κ1) is 33.4. The molecule has 56 heavy (non-hydrogen) atoms. The first-order valence-electron chi connectivity index (χ1n) is 19.2. The Balaban J connectivity index is 1.21. The minimum Gasteiger partial charge on any atom is -0.455 e. The van der Waals surface area contributed by atoms with Gasteiger partial charge in [-0.2, -0.15) is 0 Å². The molecule has 1 nitrogen and oxygen atoms in total. The van der Waals surface area contributed by atoms with Gasteiger partial charge in [-0.05, 0) is 114 Å². The zero-order valence-corrected chi connectivity index (χ0v) is 31.2. The zero-order chi connectivity index (χ0) is 37.6. The van der Waals surface area contributed by atoms with E-state index in [1.54, 1.807) is 0 Å². The first-order chi connectivity index (χ1) is 27.7. The van der Waals surface area contributed by atoms with E-state index in [0.717, 1.165) is 38.6 Å². The van der Waals surface area contributed by atoms with Crippen LogP contribution in [0.25, 0.3) is 104 Å². The van der Waals surface area contributed by atoms with Crippen molar-refractivity contribution in [2.75, 3.05) is 0 Å². The molecular formula is C55H38O. The van der Waals surface area contributed by atoms with Crippen molar-refractivity contribution in [3.8, 4) is 44.5 Å². The molecule has 0 aliphatic carbocycles. The van der Waals surface area contributed by atoms with Gasteiger partial charge in [0.1, 0.15) is 11.2 Å². The molecule has 1 heteroatoms. The highest BCUT2D eigenvalue weighted by Gasteiger charge is 2.21. The largest absolute Gasteiger partial charge is 0.455 e. The molecule has 0 spiro atoms. The standard InChI is InChI=1S/C55H38O/c1-3-5-16-36(4-2)37-27-29-40(30-28-37)53-46-22-11-13-24-48(46)54(49-25-14-12-23-47(49)53)42-33-50(39-17-7-6-8-18-39)55-51(34-42)45-32-31-41(35-52(45)56-55)44-26-15-20-38-19-9-10-21-43(38)44/h3-35H,1H2,2H3/b16-5-,36-4+. The number of fused-ring (bicyclic) bond motifs is 6. The maximum absolute atomic E-state index is 6.90. The first-order valence-corrected chi connectivity index (χ1v) is 19.2. The number of hydrogen-bond acceptors (Lipinski definition) is 1. The molecular weight excluding hydrogens is 677 g/mol. The zero-order valence-electron chi connectivity index (χ0n) is 31.2. The summed E-state index contributed by atoms with van der Waals surface area (Å²) in [6, 6.07) is 63.9. The highest BCUT2D eigenvalue weighted by atomic mass is 16.3. The molecule has 9 aromatic carbocycles. The van der Waals surface area contributed by atoms with Crippen molar-refractivity contribution < 1.29 is 4.42 Å². The Bertz CT molecular complexity index is 3130. The van der Waals surface area contributed by atoms with E-state index in [9.17, 15) is 0 Å². The summed E-state index contributed by atoms with van der Waals surface area (Å²) in [5.74, 6) is 0. The third kappa shape index (κ3) is 5.56. The maximum Gasteiger partial charge on any atom is 0.143 e. The minimum absolute atomic E-state index is 0.884. The predicted molar refractivity (Wildman–Crippen MR) is 241 cm³/mol. The van der Waals surface area contributed by atoms with Gasteiger partial charge in [0.25, 0.3) is 0 Å². The van der Waals surface area contributed by atoms with Crippen LogP contribution in [0.2, 0.25) is 0 Å². The summed E-state index contributed by atoms with van der Waals surface area (Å²) in [4.78, 5) is 0. The molecule has 0 amide bonds. The summed E-state index contributed by atoms with van der Waals surface area (Å²) in [6.07, 6.45) is 8.05. The molecule has 0 saturated heterocycles. The number of benzene rings is 9. The molecule has 0 N–H and O–H groups in total. The third-order valence-corrected chi connectivity index (χ3v) is 11.2. The Labute approximate surface area is 326 Å². The van der Waals surface area contributed by atoms with Gasteiger partial charge >= 0.3 is 0 Å². The van der Waals surface area contributed by atoms with Gasteiger partial charge in [-0.1, -0.05) is 183 Å². The molecule has 10 rings (SSSR count). The van der Waals surface area contributed by atoms with E-state index in [0.29, 0.717) is 0 Å². The summed E-state index contributed by atoms with van der Waals surface area (Å²) < 4.78 is 6.90. The van der Waals surface area contributed by atoms with Crippen LogP contribution in [0.5, 0.6) is 0 Å². The van der Waals surface area contributed by atoms with Gasteiger partial charge in [0.05, 0.1) is 0 Å². The molecule has 0 saturated carbocycles. The second kappa shape index (κ2) is 13.9. The highest BCUT2D eigenvalue weighted by molar-refractivity contribution is 6.23. The van der Waals surface area contributed by atoms with Gasteiger partial charge in [0, 0.05) is 16.3 Å². The van der Waals surface area contributed by atoms with E-state index in [-0.39, 0.29) is 0 Å². The van der Waals surface area contributed by atoms with Gasteiger partial charge in [-0.25, -0.2) is 0 Å². The molecule has 0 aliphatic heterocycles. The molecule has 264 valence electrons. The minimum atomic E-state index is 0.884. The van der Waals surface area contributed by atoms with Gasteiger partial charge in [0.2, 0.25) is 0 Å². The van der Waals surface area contributed by atoms with Crippen molar-refractivity contribution in [2.24, 2.45) is 0 Å². The van der Waals surface area contributed by atoms with Crippen LogP contribution in [-0.2, 0) is 0 Å². The maximum atomic E-state index is 6.90. The molecule has 0 aliphatic rings. The Hall–Kier alpha value is -7.22. The fraction of sp³-hybridized carbons (Fsp3) is 0.0182. The van der Waals surface area contributed by atoms with Gasteiger partial charge in [-0.15, -0.1) is 0 Å². The van der Waals surface area contributed by atoms with Crippen LogP contribution >= 0.6 is 0 Å². The normalized spacial score (nSPS) is 12.1. The second-order valence-corrected chi connectivity index (χ2v) is 14.4. The summed E-state index contributed by atoms with van der Waals surface area (Å²) in [7, 11) is 0. The lowest BCUT2D eigenvalue weighted by Gasteiger charge is -2.18. The molecule has 0 atom stereocenters. The van der Waals surface area contributed by atoms with Gasteiger partial charge < -0.3 is 4.42 Å².